The molecule has 0 aromatic heterocycles. The average molecular weight is 472 g/mol. The van der Waals surface area contributed by atoms with E-state index in [4.69, 9.17) is 0 Å². The number of ketones is 1. The van der Waals surface area contributed by atoms with E-state index >= 15 is 0 Å². The van der Waals surface area contributed by atoms with Crippen LogP contribution in [0.4, 0.5) is 35.1 Å². The van der Waals surface area contributed by atoms with Gasteiger partial charge in [0.15, 0.2) is 23.3 Å². The van der Waals surface area contributed by atoms with Crippen LogP contribution in [-0.2, 0) is 23.8 Å². The Labute approximate surface area is 183 Å². The van der Waals surface area contributed by atoms with Crippen molar-refractivity contribution in [2.75, 3.05) is 0 Å². The summed E-state index contributed by atoms with van der Waals surface area (Å²) in [5.74, 6) is -11.1. The highest BCUT2D eigenvalue weighted by molar-refractivity contribution is 5.84. The molecule has 0 spiro atoms. The van der Waals surface area contributed by atoms with Gasteiger partial charge in [-0.05, 0) is 47.7 Å². The minimum Gasteiger partial charge on any atom is -0.299 e. The Hall–Kier alpha value is -3.23. The number of benzene rings is 3. The van der Waals surface area contributed by atoms with Crippen LogP contribution in [0, 0.1) is 42.9 Å². The molecule has 3 rings (SSSR count). The Morgan fingerprint density at radius 2 is 1.42 bits per heavy atom. The number of halogens is 8. The van der Waals surface area contributed by atoms with E-state index in [-0.39, 0.29) is 0 Å². The third kappa shape index (κ3) is 4.77. The highest BCUT2D eigenvalue weighted by atomic mass is 19.4. The summed E-state index contributed by atoms with van der Waals surface area (Å²) in [7, 11) is 0. The highest BCUT2D eigenvalue weighted by Gasteiger charge is 2.42. The maximum absolute atomic E-state index is 14.1. The van der Waals surface area contributed by atoms with Crippen molar-refractivity contribution in [1.82, 2.24) is 0 Å². The molecule has 0 aliphatic heterocycles. The summed E-state index contributed by atoms with van der Waals surface area (Å²) in [5.41, 5.74) is -1.64. The van der Waals surface area contributed by atoms with E-state index in [2.05, 4.69) is 0 Å². The summed E-state index contributed by atoms with van der Waals surface area (Å²) in [6, 6.07) is 9.33. The number of rotatable bonds is 5. The van der Waals surface area contributed by atoms with Crippen molar-refractivity contribution in [3.05, 3.63) is 93.3 Å². The van der Waals surface area contributed by atoms with Gasteiger partial charge in [-0.25, -0.2) is 22.0 Å². The van der Waals surface area contributed by atoms with Crippen molar-refractivity contribution in [2.24, 2.45) is 0 Å². The minimum atomic E-state index is -5.66. The minimum absolute atomic E-state index is 0.360. The molecule has 174 valence electrons. The van der Waals surface area contributed by atoms with Gasteiger partial charge in [-0.1, -0.05) is 30.3 Å². The Morgan fingerprint density at radius 3 is 2.00 bits per heavy atom. The zero-order valence-corrected chi connectivity index (χ0v) is 17.3. The van der Waals surface area contributed by atoms with E-state index in [1.165, 1.54) is 12.1 Å². The Morgan fingerprint density at radius 1 is 0.818 bits per heavy atom. The first-order chi connectivity index (χ1) is 15.3. The zero-order chi connectivity index (χ0) is 24.7. The molecular formula is C24H16F8O. The van der Waals surface area contributed by atoms with E-state index in [0.29, 0.717) is 27.8 Å². The first-order valence-corrected chi connectivity index (χ1v) is 9.61. The fourth-order valence-corrected chi connectivity index (χ4v) is 3.50. The second kappa shape index (κ2) is 8.96. The first-order valence-electron chi connectivity index (χ1n) is 9.61. The summed E-state index contributed by atoms with van der Waals surface area (Å²) in [5, 5.41) is 0. The summed E-state index contributed by atoms with van der Waals surface area (Å²) >= 11 is 0. The smallest absolute Gasteiger partial charge is 0.299 e. The molecule has 33 heavy (non-hydrogen) atoms. The molecule has 0 heterocycles. The summed E-state index contributed by atoms with van der Waals surface area (Å²) in [6.45, 7) is 3.21. The van der Waals surface area contributed by atoms with Crippen LogP contribution >= 0.6 is 0 Å². The highest BCUT2D eigenvalue weighted by Crippen LogP contribution is 2.37. The molecule has 0 radical (unpaired) electrons. The quantitative estimate of drug-likeness (QED) is 0.288. The van der Waals surface area contributed by atoms with Crippen molar-refractivity contribution < 1.29 is 39.9 Å². The number of aryl methyl sites for hydroxylation is 1. The summed E-state index contributed by atoms with van der Waals surface area (Å²) in [4.78, 5) is 12.5. The normalized spacial score (nSPS) is 11.7. The van der Waals surface area contributed by atoms with Crippen LogP contribution in [0.5, 0.6) is 0 Å². The lowest BCUT2D eigenvalue weighted by Gasteiger charge is -2.14. The number of carbonyl (C=O) groups excluding carboxylic acids is 1. The van der Waals surface area contributed by atoms with E-state index in [1.807, 2.05) is 0 Å². The second-order valence-corrected chi connectivity index (χ2v) is 7.55. The van der Waals surface area contributed by atoms with Gasteiger partial charge >= 0.3 is 6.18 Å². The van der Waals surface area contributed by atoms with Crippen molar-refractivity contribution in [3.63, 3.8) is 0 Å². The van der Waals surface area contributed by atoms with Gasteiger partial charge in [0.05, 0.1) is 0 Å². The largest absolute Gasteiger partial charge is 0.422 e. The zero-order valence-electron chi connectivity index (χ0n) is 17.3. The van der Waals surface area contributed by atoms with Gasteiger partial charge in [-0.2, -0.15) is 13.2 Å². The standard InChI is InChI=1S/C24H16F8O/c1-11-6-7-13(16-4-3-5-18(25)12(16)2)8-14(11)9-15(33)10-17-20(26)22(28)19(24(30,31)32)23(29)21(17)27/h3-8H,9-10H2,1-2H3. The molecule has 0 amide bonds. The third-order valence-electron chi connectivity index (χ3n) is 5.33. The maximum Gasteiger partial charge on any atom is 0.422 e. The van der Waals surface area contributed by atoms with Crippen molar-refractivity contribution in [2.45, 2.75) is 32.9 Å². The Bertz CT molecular complexity index is 1220. The van der Waals surface area contributed by atoms with Crippen molar-refractivity contribution >= 4 is 5.78 Å². The molecule has 0 saturated heterocycles. The van der Waals surface area contributed by atoms with Crippen LogP contribution < -0.4 is 0 Å². The van der Waals surface area contributed by atoms with E-state index in [1.54, 1.807) is 38.1 Å². The lowest BCUT2D eigenvalue weighted by molar-refractivity contribution is -0.143. The van der Waals surface area contributed by atoms with E-state index < -0.39 is 65.0 Å². The van der Waals surface area contributed by atoms with Crippen LogP contribution in [0.1, 0.15) is 27.8 Å². The molecule has 0 aliphatic rings. The lowest BCUT2D eigenvalue weighted by Crippen LogP contribution is -2.19. The fourth-order valence-electron chi connectivity index (χ4n) is 3.50. The molecule has 0 fully saturated rings. The SMILES string of the molecule is Cc1ccc(-c2cccc(F)c2C)cc1CC(=O)Cc1c(F)c(F)c(C(F)(F)F)c(F)c1F. The van der Waals surface area contributed by atoms with Gasteiger partial charge in [0, 0.05) is 18.4 Å². The number of alkyl halides is 3. The molecule has 9 heteroatoms. The molecule has 0 saturated carbocycles. The predicted molar refractivity (Wildman–Crippen MR) is 105 cm³/mol. The lowest BCUT2D eigenvalue weighted by atomic mass is 9.93. The first kappa shape index (κ1) is 24.4. The Balaban J connectivity index is 1.93. The van der Waals surface area contributed by atoms with Crippen LogP contribution in [0.15, 0.2) is 36.4 Å². The van der Waals surface area contributed by atoms with E-state index in [9.17, 15) is 39.9 Å². The van der Waals surface area contributed by atoms with Gasteiger partial charge in [0.25, 0.3) is 0 Å². The van der Waals surface area contributed by atoms with Gasteiger partial charge < -0.3 is 0 Å². The van der Waals surface area contributed by atoms with Crippen molar-refractivity contribution in [1.29, 1.82) is 0 Å². The molecule has 0 unspecified atom stereocenters. The maximum atomic E-state index is 14.1. The number of carbonyl (C=O) groups is 1. The van der Waals surface area contributed by atoms with Crippen LogP contribution in [0.2, 0.25) is 0 Å². The summed E-state index contributed by atoms with van der Waals surface area (Å²) < 4.78 is 108. The van der Waals surface area contributed by atoms with E-state index in [0.717, 1.165) is 0 Å². The van der Waals surface area contributed by atoms with Gasteiger partial charge in [0.2, 0.25) is 0 Å². The van der Waals surface area contributed by atoms with Crippen LogP contribution in [-0.4, -0.2) is 5.78 Å². The third-order valence-corrected chi connectivity index (χ3v) is 5.33. The monoisotopic (exact) mass is 472 g/mol. The Kier molecular flexibility index (Phi) is 6.63. The molecule has 0 N–H and O–H groups in total. The summed E-state index contributed by atoms with van der Waals surface area (Å²) in [6.07, 6.45) is -7.24. The van der Waals surface area contributed by atoms with Gasteiger partial charge in [-0.15, -0.1) is 0 Å². The number of hydrogen-bond acceptors (Lipinski definition) is 1. The fraction of sp³-hybridized carbons (Fsp3) is 0.208. The molecule has 3 aromatic carbocycles. The van der Waals surface area contributed by atoms with Gasteiger partial charge in [0.1, 0.15) is 17.2 Å². The van der Waals surface area contributed by atoms with Crippen molar-refractivity contribution in [3.8, 4) is 11.1 Å². The average Bonchev–Trinajstić information content (AvgIpc) is 2.72. The second-order valence-electron chi connectivity index (χ2n) is 7.55. The van der Waals surface area contributed by atoms with Crippen LogP contribution in [0.25, 0.3) is 11.1 Å². The topological polar surface area (TPSA) is 17.1 Å². The molecule has 0 aliphatic carbocycles. The number of Topliss-reactive ketones (excluding diaryl/α,β-unsaturated/α-hetero) is 1. The molecular weight excluding hydrogens is 456 g/mol. The number of hydrogen-bond donors (Lipinski definition) is 0. The molecule has 0 bridgehead atoms. The predicted octanol–water partition coefficient (Wildman–Crippen LogP) is 7.04. The molecule has 0 atom stereocenters. The van der Waals surface area contributed by atoms with Crippen LogP contribution in [0.3, 0.4) is 0 Å². The molecule has 3 aromatic rings. The molecule has 1 nitrogen and oxygen atoms in total. The van der Waals surface area contributed by atoms with Gasteiger partial charge in [-0.3, -0.25) is 4.79 Å².